The van der Waals surface area contributed by atoms with Crippen LogP contribution in [0.3, 0.4) is 0 Å². The SMILES string of the molecule is CC.CN(P)C(=O)OI. The Labute approximate surface area is 72.1 Å². The molecule has 0 aromatic rings. The third-order valence-corrected chi connectivity index (χ3v) is 0.942. The molecule has 5 heteroatoms. The van der Waals surface area contributed by atoms with E-state index in [0.29, 0.717) is 0 Å². The zero-order valence-corrected chi connectivity index (χ0v) is 9.03. The van der Waals surface area contributed by atoms with E-state index < -0.39 is 0 Å². The summed E-state index contributed by atoms with van der Waals surface area (Å²) in [4.78, 5) is 10.2. The van der Waals surface area contributed by atoms with Crippen molar-refractivity contribution >= 4 is 38.5 Å². The summed E-state index contributed by atoms with van der Waals surface area (Å²) >= 11 is 1.52. The Morgan fingerprint density at radius 1 is 1.67 bits per heavy atom. The molecule has 0 heterocycles. The second-order valence-electron chi connectivity index (χ2n) is 0.954. The summed E-state index contributed by atoms with van der Waals surface area (Å²) in [5.74, 6) is 0. The average Bonchev–Trinajstić information content (AvgIpc) is 1.91. The Morgan fingerprint density at radius 2 is 2.00 bits per heavy atom. The van der Waals surface area contributed by atoms with Gasteiger partial charge in [0.2, 0.25) is 0 Å². The van der Waals surface area contributed by atoms with Crippen LogP contribution < -0.4 is 0 Å². The van der Waals surface area contributed by atoms with E-state index in [-0.39, 0.29) is 6.09 Å². The summed E-state index contributed by atoms with van der Waals surface area (Å²) in [6, 6.07) is 0. The van der Waals surface area contributed by atoms with Crippen LogP contribution in [0.25, 0.3) is 0 Å². The van der Waals surface area contributed by atoms with Crippen LogP contribution in [0, 0.1) is 0 Å². The molecule has 0 aliphatic rings. The third-order valence-electron chi connectivity index (χ3n) is 0.354. The minimum atomic E-state index is -0.370. The predicted octanol–water partition coefficient (Wildman–Crippen LogP) is 2.22. The minimum absolute atomic E-state index is 0.370. The molecular formula is C4H11INO2P. The van der Waals surface area contributed by atoms with Gasteiger partial charge in [0.05, 0.1) is 0 Å². The Morgan fingerprint density at radius 3 is 2.00 bits per heavy atom. The number of rotatable bonds is 0. The smallest absolute Gasteiger partial charge is 0.378 e. The highest BCUT2D eigenvalue weighted by Crippen LogP contribution is 1.99. The first-order chi connectivity index (χ1) is 4.18. The van der Waals surface area contributed by atoms with Crippen molar-refractivity contribution in [1.29, 1.82) is 0 Å². The maximum Gasteiger partial charge on any atom is 0.421 e. The van der Waals surface area contributed by atoms with Crippen LogP contribution in [0.15, 0.2) is 0 Å². The molecule has 0 N–H and O–H groups in total. The maximum atomic E-state index is 10.2. The van der Waals surface area contributed by atoms with Gasteiger partial charge in [-0.15, -0.1) is 0 Å². The molecule has 1 unspecified atom stereocenters. The van der Waals surface area contributed by atoms with Gasteiger partial charge >= 0.3 is 6.09 Å². The first-order valence-corrected chi connectivity index (χ1v) is 3.89. The van der Waals surface area contributed by atoms with E-state index in [2.05, 4.69) is 12.5 Å². The standard InChI is InChI=1S/C2H5INO2P.C2H6/c1-4(7)2(5)6-3;1-2/h7H2,1H3;1-2H3. The van der Waals surface area contributed by atoms with E-state index in [9.17, 15) is 4.79 Å². The van der Waals surface area contributed by atoms with Crippen molar-refractivity contribution in [1.82, 2.24) is 4.67 Å². The fourth-order valence-corrected chi connectivity index (χ4v) is 0.632. The molecule has 3 nitrogen and oxygen atoms in total. The summed E-state index contributed by atoms with van der Waals surface area (Å²) in [7, 11) is 3.76. The van der Waals surface area contributed by atoms with Gasteiger partial charge < -0.3 is 3.07 Å². The summed E-state index contributed by atoms with van der Waals surface area (Å²) in [6.45, 7) is 4.00. The van der Waals surface area contributed by atoms with Crippen LogP contribution in [0.5, 0.6) is 0 Å². The highest BCUT2D eigenvalue weighted by Gasteiger charge is 1.99. The number of amides is 1. The summed E-state index contributed by atoms with van der Waals surface area (Å²) in [5.41, 5.74) is 0. The molecule has 0 bridgehead atoms. The van der Waals surface area contributed by atoms with Gasteiger partial charge in [0.1, 0.15) is 0 Å². The predicted molar refractivity (Wildman–Crippen MR) is 49.3 cm³/mol. The Hall–Kier alpha value is 0.430. The molecule has 0 aromatic heterocycles. The van der Waals surface area contributed by atoms with Crippen molar-refractivity contribution in [2.24, 2.45) is 0 Å². The molecule has 1 amide bonds. The lowest BCUT2D eigenvalue weighted by atomic mass is 11.0. The number of carbonyl (C=O) groups is 1. The van der Waals surface area contributed by atoms with Gasteiger partial charge in [-0.05, 0) is 9.39 Å². The number of hydrogen-bond acceptors (Lipinski definition) is 2. The summed E-state index contributed by atoms with van der Waals surface area (Å²) < 4.78 is 5.52. The topological polar surface area (TPSA) is 29.5 Å². The van der Waals surface area contributed by atoms with Crippen LogP contribution in [0.2, 0.25) is 0 Å². The Kier molecular flexibility index (Phi) is 11.4. The Bertz CT molecular complexity index is 79.0. The highest BCUT2D eigenvalue weighted by atomic mass is 127. The molecule has 0 aliphatic heterocycles. The molecule has 0 rings (SSSR count). The molecule has 0 spiro atoms. The lowest BCUT2D eigenvalue weighted by Crippen LogP contribution is -2.12. The molecule has 9 heavy (non-hydrogen) atoms. The van der Waals surface area contributed by atoms with Gasteiger partial charge in [-0.3, -0.25) is 4.67 Å². The van der Waals surface area contributed by atoms with Crippen LogP contribution in [0.1, 0.15) is 13.8 Å². The van der Waals surface area contributed by atoms with E-state index in [4.69, 9.17) is 0 Å². The fourth-order valence-electron chi connectivity index (χ4n) is 0.0544. The molecule has 0 aliphatic carbocycles. The van der Waals surface area contributed by atoms with Crippen molar-refractivity contribution in [2.75, 3.05) is 7.05 Å². The lowest BCUT2D eigenvalue weighted by molar-refractivity contribution is 0.202. The van der Waals surface area contributed by atoms with Gasteiger partial charge in [0, 0.05) is 7.05 Å². The van der Waals surface area contributed by atoms with Crippen molar-refractivity contribution < 1.29 is 7.86 Å². The molecule has 0 fully saturated rings. The molecule has 0 saturated carbocycles. The number of nitrogens with zero attached hydrogens (tertiary/aromatic N) is 1. The molecule has 0 radical (unpaired) electrons. The first-order valence-electron chi connectivity index (χ1n) is 2.49. The number of halogens is 1. The summed E-state index contributed by atoms with van der Waals surface area (Å²) in [5, 5.41) is 0. The second kappa shape index (κ2) is 8.43. The van der Waals surface area contributed by atoms with Crippen LogP contribution in [-0.2, 0) is 3.07 Å². The average molecular weight is 263 g/mol. The zero-order valence-electron chi connectivity index (χ0n) is 5.72. The van der Waals surface area contributed by atoms with Crippen LogP contribution in [-0.4, -0.2) is 17.8 Å². The van der Waals surface area contributed by atoms with E-state index in [1.54, 1.807) is 7.05 Å². The molecule has 1 atom stereocenters. The summed E-state index contributed by atoms with van der Waals surface area (Å²) in [6.07, 6.45) is -0.370. The Balaban J connectivity index is 0. The van der Waals surface area contributed by atoms with Gasteiger partial charge in [-0.2, -0.15) is 0 Å². The second-order valence-corrected chi connectivity index (χ2v) is 2.17. The normalized spacial score (nSPS) is 6.78. The quantitative estimate of drug-likeness (QED) is 0.495. The van der Waals surface area contributed by atoms with Gasteiger partial charge in [0.25, 0.3) is 0 Å². The van der Waals surface area contributed by atoms with E-state index >= 15 is 0 Å². The van der Waals surface area contributed by atoms with Crippen molar-refractivity contribution in [2.45, 2.75) is 13.8 Å². The largest absolute Gasteiger partial charge is 0.421 e. The van der Waals surface area contributed by atoms with Gasteiger partial charge in [-0.25, -0.2) is 4.79 Å². The minimum Gasteiger partial charge on any atom is -0.378 e. The van der Waals surface area contributed by atoms with Crippen LogP contribution in [0.4, 0.5) is 4.79 Å². The van der Waals surface area contributed by atoms with Crippen LogP contribution >= 0.6 is 32.4 Å². The van der Waals surface area contributed by atoms with Gasteiger partial charge in [-0.1, -0.05) is 13.8 Å². The third kappa shape index (κ3) is 8.43. The van der Waals surface area contributed by atoms with Gasteiger partial charge in [0.15, 0.2) is 23.0 Å². The monoisotopic (exact) mass is 263 g/mol. The lowest BCUT2D eigenvalue weighted by Gasteiger charge is -2.03. The van der Waals surface area contributed by atoms with Crippen molar-refractivity contribution in [3.8, 4) is 0 Å². The van der Waals surface area contributed by atoms with E-state index in [1.165, 1.54) is 27.7 Å². The molecular weight excluding hydrogens is 252 g/mol. The van der Waals surface area contributed by atoms with Crippen molar-refractivity contribution in [3.05, 3.63) is 0 Å². The molecule has 56 valence electrons. The van der Waals surface area contributed by atoms with E-state index in [0.717, 1.165) is 0 Å². The zero-order chi connectivity index (χ0) is 7.86. The fraction of sp³-hybridized carbons (Fsp3) is 0.750. The number of carbonyl (C=O) groups excluding carboxylic acids is 1. The first kappa shape index (κ1) is 12.1. The van der Waals surface area contributed by atoms with E-state index in [1.807, 2.05) is 13.8 Å². The number of hydrogen-bond donors (Lipinski definition) is 0. The molecule has 0 aromatic carbocycles. The maximum absolute atomic E-state index is 10.2. The highest BCUT2D eigenvalue weighted by molar-refractivity contribution is 14.1. The van der Waals surface area contributed by atoms with Crippen molar-refractivity contribution in [3.63, 3.8) is 0 Å². The molecule has 0 saturated heterocycles.